The van der Waals surface area contributed by atoms with Gasteiger partial charge in [-0.2, -0.15) is 0 Å². The zero-order valence-electron chi connectivity index (χ0n) is 6.30. The van der Waals surface area contributed by atoms with E-state index >= 15 is 0 Å². The van der Waals surface area contributed by atoms with Crippen molar-refractivity contribution in [3.8, 4) is 0 Å². The van der Waals surface area contributed by atoms with Crippen molar-refractivity contribution in [1.82, 2.24) is 0 Å². The Balaban J connectivity index is 0.00000121. The maximum absolute atomic E-state index is 11.8. The SMILES string of the molecule is Cl.N[C@@H](CCF)c1ccc(Cl)s1. The summed E-state index contributed by atoms with van der Waals surface area (Å²) in [6.45, 7) is -0.378. The second kappa shape index (κ2) is 5.75. The molecule has 0 aliphatic heterocycles. The molecular formula is C7H10Cl2FNS. The smallest absolute Gasteiger partial charge is 0.0931 e. The van der Waals surface area contributed by atoms with Crippen LogP contribution in [0.4, 0.5) is 4.39 Å². The van der Waals surface area contributed by atoms with Crippen LogP contribution in [-0.4, -0.2) is 6.67 Å². The number of alkyl halides is 1. The average Bonchev–Trinajstić information content (AvgIpc) is 2.36. The summed E-state index contributed by atoms with van der Waals surface area (Å²) in [5.74, 6) is 0. The van der Waals surface area contributed by atoms with Crippen molar-refractivity contribution >= 4 is 35.3 Å². The van der Waals surface area contributed by atoms with Crippen LogP contribution in [0.5, 0.6) is 0 Å². The number of halogens is 3. The molecule has 12 heavy (non-hydrogen) atoms. The van der Waals surface area contributed by atoms with Crippen LogP contribution < -0.4 is 5.73 Å². The van der Waals surface area contributed by atoms with E-state index in [1.807, 2.05) is 6.07 Å². The number of hydrogen-bond donors (Lipinski definition) is 1. The molecule has 0 fully saturated rings. The Labute approximate surface area is 86.1 Å². The molecule has 0 aliphatic carbocycles. The molecular weight excluding hydrogens is 220 g/mol. The topological polar surface area (TPSA) is 26.0 Å². The third kappa shape index (κ3) is 3.27. The molecule has 0 radical (unpaired) electrons. The minimum absolute atomic E-state index is 0. The summed E-state index contributed by atoms with van der Waals surface area (Å²) in [4.78, 5) is 0.952. The lowest BCUT2D eigenvalue weighted by molar-refractivity contribution is 0.444. The number of hydrogen-bond acceptors (Lipinski definition) is 2. The maximum atomic E-state index is 11.8. The Morgan fingerprint density at radius 1 is 1.58 bits per heavy atom. The zero-order chi connectivity index (χ0) is 8.27. The molecule has 1 atom stereocenters. The van der Waals surface area contributed by atoms with E-state index in [2.05, 4.69) is 0 Å². The summed E-state index contributed by atoms with van der Waals surface area (Å²) < 4.78 is 12.5. The molecule has 70 valence electrons. The van der Waals surface area contributed by atoms with Gasteiger partial charge in [0.1, 0.15) is 0 Å². The molecule has 1 nitrogen and oxygen atoms in total. The molecule has 5 heteroatoms. The molecule has 1 aromatic heterocycles. The molecule has 0 amide bonds. The molecule has 0 saturated heterocycles. The first-order valence-electron chi connectivity index (χ1n) is 3.31. The van der Waals surface area contributed by atoms with Crippen molar-refractivity contribution in [2.24, 2.45) is 5.73 Å². The van der Waals surface area contributed by atoms with E-state index in [0.717, 1.165) is 4.88 Å². The third-order valence-corrected chi connectivity index (χ3v) is 2.74. The van der Waals surface area contributed by atoms with Crippen molar-refractivity contribution in [2.45, 2.75) is 12.5 Å². The first-order chi connectivity index (χ1) is 5.24. The minimum Gasteiger partial charge on any atom is -0.323 e. The average molecular weight is 230 g/mol. The monoisotopic (exact) mass is 229 g/mol. The molecule has 0 bridgehead atoms. The van der Waals surface area contributed by atoms with Gasteiger partial charge in [0.2, 0.25) is 0 Å². The van der Waals surface area contributed by atoms with Crippen LogP contribution in [0.2, 0.25) is 4.34 Å². The Kier molecular flexibility index (Phi) is 5.84. The lowest BCUT2D eigenvalue weighted by Crippen LogP contribution is -2.08. The number of rotatable bonds is 3. The highest BCUT2D eigenvalue weighted by atomic mass is 35.5. The van der Waals surface area contributed by atoms with Gasteiger partial charge in [0.15, 0.2) is 0 Å². The van der Waals surface area contributed by atoms with E-state index in [4.69, 9.17) is 17.3 Å². The van der Waals surface area contributed by atoms with Gasteiger partial charge >= 0.3 is 0 Å². The van der Waals surface area contributed by atoms with Gasteiger partial charge in [-0.1, -0.05) is 11.6 Å². The molecule has 0 saturated carbocycles. The van der Waals surface area contributed by atoms with E-state index in [1.165, 1.54) is 11.3 Å². The van der Waals surface area contributed by atoms with Gasteiger partial charge in [-0.3, -0.25) is 4.39 Å². The van der Waals surface area contributed by atoms with Crippen LogP contribution in [0.25, 0.3) is 0 Å². The normalized spacial score (nSPS) is 12.2. The fourth-order valence-corrected chi connectivity index (χ4v) is 1.88. The Hall–Kier alpha value is 0.170. The number of nitrogens with two attached hydrogens (primary N) is 1. The van der Waals surface area contributed by atoms with E-state index in [1.54, 1.807) is 6.07 Å². The Morgan fingerprint density at radius 2 is 2.25 bits per heavy atom. The molecule has 1 heterocycles. The summed E-state index contributed by atoms with van der Waals surface area (Å²) in [6, 6.07) is 3.42. The molecule has 0 aliphatic rings. The van der Waals surface area contributed by atoms with Gasteiger partial charge in [0, 0.05) is 10.9 Å². The van der Waals surface area contributed by atoms with Crippen LogP contribution in [-0.2, 0) is 0 Å². The van der Waals surface area contributed by atoms with Gasteiger partial charge < -0.3 is 5.73 Å². The molecule has 0 spiro atoms. The molecule has 2 N–H and O–H groups in total. The summed E-state index contributed by atoms with van der Waals surface area (Å²) >= 11 is 7.08. The minimum atomic E-state index is -0.378. The van der Waals surface area contributed by atoms with E-state index in [0.29, 0.717) is 10.8 Å². The Bertz CT molecular complexity index is 229. The second-order valence-corrected chi connectivity index (χ2v) is 3.97. The predicted octanol–water partition coefficient (Wildman–Crippen LogP) is 3.18. The van der Waals surface area contributed by atoms with Crippen LogP contribution in [0.1, 0.15) is 17.3 Å². The molecule has 1 aromatic rings. The van der Waals surface area contributed by atoms with Crippen LogP contribution in [0.15, 0.2) is 12.1 Å². The highest BCUT2D eigenvalue weighted by Crippen LogP contribution is 2.26. The van der Waals surface area contributed by atoms with Gasteiger partial charge in [-0.25, -0.2) is 0 Å². The zero-order valence-corrected chi connectivity index (χ0v) is 8.68. The summed E-state index contributed by atoms with van der Waals surface area (Å²) in [5, 5.41) is 0. The summed E-state index contributed by atoms with van der Waals surface area (Å²) in [7, 11) is 0. The summed E-state index contributed by atoms with van der Waals surface area (Å²) in [6.07, 6.45) is 0.372. The quantitative estimate of drug-likeness (QED) is 0.847. The highest BCUT2D eigenvalue weighted by Gasteiger charge is 2.07. The van der Waals surface area contributed by atoms with Crippen molar-refractivity contribution in [2.75, 3.05) is 6.67 Å². The fraction of sp³-hybridized carbons (Fsp3) is 0.429. The largest absolute Gasteiger partial charge is 0.323 e. The lowest BCUT2D eigenvalue weighted by atomic mass is 10.2. The first-order valence-corrected chi connectivity index (χ1v) is 4.50. The van der Waals surface area contributed by atoms with Crippen molar-refractivity contribution in [1.29, 1.82) is 0 Å². The number of thiophene rings is 1. The van der Waals surface area contributed by atoms with Crippen LogP contribution in [0.3, 0.4) is 0 Å². The standard InChI is InChI=1S/C7H9ClFNS.ClH/c8-7-2-1-6(11-7)5(10)3-4-9;/h1-2,5H,3-4,10H2;1H/t5-;/m0./s1. The van der Waals surface area contributed by atoms with Gasteiger partial charge in [-0.15, -0.1) is 23.7 Å². The second-order valence-electron chi connectivity index (χ2n) is 2.23. The first kappa shape index (κ1) is 12.2. The lowest BCUT2D eigenvalue weighted by Gasteiger charge is -2.04. The maximum Gasteiger partial charge on any atom is 0.0931 e. The van der Waals surface area contributed by atoms with Gasteiger partial charge in [0.05, 0.1) is 11.0 Å². The third-order valence-electron chi connectivity index (χ3n) is 1.38. The van der Waals surface area contributed by atoms with Crippen molar-refractivity contribution < 1.29 is 4.39 Å². The van der Waals surface area contributed by atoms with Crippen LogP contribution >= 0.6 is 35.3 Å². The molecule has 0 aromatic carbocycles. The van der Waals surface area contributed by atoms with Gasteiger partial charge in [-0.05, 0) is 18.6 Å². The Morgan fingerprint density at radius 3 is 2.67 bits per heavy atom. The summed E-state index contributed by atoms with van der Waals surface area (Å²) in [5.41, 5.74) is 5.63. The van der Waals surface area contributed by atoms with Gasteiger partial charge in [0.25, 0.3) is 0 Å². The van der Waals surface area contributed by atoms with E-state index in [9.17, 15) is 4.39 Å². The predicted molar refractivity (Wildman–Crippen MR) is 54.1 cm³/mol. The van der Waals surface area contributed by atoms with Crippen molar-refractivity contribution in [3.05, 3.63) is 21.3 Å². The van der Waals surface area contributed by atoms with Crippen LogP contribution in [0, 0.1) is 0 Å². The molecule has 1 rings (SSSR count). The highest BCUT2D eigenvalue weighted by molar-refractivity contribution is 7.16. The molecule has 0 unspecified atom stereocenters. The van der Waals surface area contributed by atoms with Crippen molar-refractivity contribution in [3.63, 3.8) is 0 Å². The van der Waals surface area contributed by atoms with E-state index in [-0.39, 0.29) is 25.1 Å². The fourth-order valence-electron chi connectivity index (χ4n) is 0.787. The van der Waals surface area contributed by atoms with E-state index < -0.39 is 0 Å².